The van der Waals surface area contributed by atoms with Gasteiger partial charge in [0.15, 0.2) is 5.96 Å². The van der Waals surface area contributed by atoms with E-state index in [2.05, 4.69) is 54.7 Å². The van der Waals surface area contributed by atoms with Crippen molar-refractivity contribution in [3.05, 3.63) is 15.6 Å². The maximum absolute atomic E-state index is 4.88. The molecule has 1 N–H and O–H groups in total. The van der Waals surface area contributed by atoms with Crippen LogP contribution in [0.3, 0.4) is 0 Å². The zero-order chi connectivity index (χ0) is 17.5. The maximum Gasteiger partial charge on any atom is 0.193 e. The van der Waals surface area contributed by atoms with Crippen molar-refractivity contribution in [1.82, 2.24) is 20.1 Å². The summed E-state index contributed by atoms with van der Waals surface area (Å²) in [5.41, 5.74) is 1.17. The normalized spacial score (nSPS) is 17.9. The molecule has 2 heterocycles. The van der Waals surface area contributed by atoms with Crippen molar-refractivity contribution in [3.8, 4) is 0 Å². The lowest BCUT2D eigenvalue weighted by Crippen LogP contribution is -2.43. The van der Waals surface area contributed by atoms with Gasteiger partial charge in [-0.15, -0.1) is 35.3 Å². The third-order valence-corrected chi connectivity index (χ3v) is 5.86. The summed E-state index contributed by atoms with van der Waals surface area (Å²) in [5.74, 6) is 1.08. The van der Waals surface area contributed by atoms with E-state index in [-0.39, 0.29) is 24.0 Å². The van der Waals surface area contributed by atoms with Gasteiger partial charge in [-0.05, 0) is 40.3 Å². The predicted octanol–water partition coefficient (Wildman–Crippen LogP) is 3.30. The van der Waals surface area contributed by atoms with Gasteiger partial charge in [-0.3, -0.25) is 9.89 Å². The fraction of sp³-hybridized carbons (Fsp3) is 0.778. The van der Waals surface area contributed by atoms with Gasteiger partial charge in [0.1, 0.15) is 0 Å². The lowest BCUT2D eigenvalue weighted by molar-refractivity contribution is 0.223. The van der Waals surface area contributed by atoms with E-state index in [1.54, 1.807) is 11.3 Å². The zero-order valence-electron chi connectivity index (χ0n) is 16.3. The van der Waals surface area contributed by atoms with E-state index >= 15 is 0 Å². The van der Waals surface area contributed by atoms with Crippen LogP contribution in [-0.2, 0) is 6.42 Å². The molecule has 0 saturated carbocycles. The minimum absolute atomic E-state index is 0. The number of likely N-dealkylation sites (N-methyl/N-ethyl adjacent to an activating group) is 1. The molecule has 0 spiro atoms. The molecule has 1 fully saturated rings. The average Bonchev–Trinajstić information content (AvgIpc) is 3.15. The molecule has 0 radical (unpaired) electrons. The number of aromatic nitrogens is 1. The van der Waals surface area contributed by atoms with E-state index in [1.807, 2.05) is 0 Å². The number of nitrogens with zero attached hydrogens (tertiary/aromatic N) is 4. The van der Waals surface area contributed by atoms with Crippen molar-refractivity contribution >= 4 is 41.3 Å². The van der Waals surface area contributed by atoms with Crippen LogP contribution in [-0.4, -0.2) is 66.1 Å². The van der Waals surface area contributed by atoms with Crippen molar-refractivity contribution in [2.45, 2.75) is 53.5 Å². The topological polar surface area (TPSA) is 43.8 Å². The Balaban J connectivity index is 0.00000312. The van der Waals surface area contributed by atoms with Crippen LogP contribution in [0.15, 0.2) is 4.99 Å². The van der Waals surface area contributed by atoms with Gasteiger partial charge in [0.2, 0.25) is 0 Å². The molecule has 0 aliphatic carbocycles. The molecule has 1 aliphatic rings. The number of rotatable bonds is 7. The summed E-state index contributed by atoms with van der Waals surface area (Å²) in [7, 11) is 0. The summed E-state index contributed by atoms with van der Waals surface area (Å²) >= 11 is 1.80. The number of hydrogen-bond donors (Lipinski definition) is 1. The highest BCUT2D eigenvalue weighted by Gasteiger charge is 2.27. The van der Waals surface area contributed by atoms with Gasteiger partial charge in [0, 0.05) is 43.5 Å². The number of nitrogens with one attached hydrogen (secondary N) is 1. The lowest BCUT2D eigenvalue weighted by atomic mass is 10.2. The fourth-order valence-electron chi connectivity index (χ4n) is 3.47. The molecule has 0 bridgehead atoms. The van der Waals surface area contributed by atoms with Crippen molar-refractivity contribution in [1.29, 1.82) is 0 Å². The molecule has 1 unspecified atom stereocenters. The third kappa shape index (κ3) is 6.36. The maximum atomic E-state index is 4.88. The summed E-state index contributed by atoms with van der Waals surface area (Å²) in [6, 6.07) is 0.662. The molecule has 1 saturated heterocycles. The molecular formula is C18H34IN5S. The second-order valence-electron chi connectivity index (χ2n) is 6.34. The highest BCUT2D eigenvalue weighted by molar-refractivity contribution is 14.0. The van der Waals surface area contributed by atoms with Crippen LogP contribution < -0.4 is 5.32 Å². The first-order chi connectivity index (χ1) is 11.6. The van der Waals surface area contributed by atoms with Crippen molar-refractivity contribution in [2.24, 2.45) is 4.99 Å². The highest BCUT2D eigenvalue weighted by atomic mass is 127. The first-order valence-electron chi connectivity index (χ1n) is 9.29. The fourth-order valence-corrected chi connectivity index (χ4v) is 4.39. The van der Waals surface area contributed by atoms with Crippen LogP contribution in [0.4, 0.5) is 0 Å². The standard InChI is InChI=1S/C18H33N5S.HI/c1-6-19-18(20-11-9-17-14(4)21-15(5)24-17)23-12-10-16(13-23)22(7-2)8-3;/h16H,6-13H2,1-5H3,(H,19,20);1H. The van der Waals surface area contributed by atoms with Gasteiger partial charge in [-0.1, -0.05) is 13.8 Å². The molecule has 144 valence electrons. The molecule has 1 aromatic heterocycles. The lowest BCUT2D eigenvalue weighted by Gasteiger charge is -2.27. The Morgan fingerprint density at radius 1 is 1.32 bits per heavy atom. The summed E-state index contributed by atoms with van der Waals surface area (Å²) in [5, 5.41) is 4.62. The Labute approximate surface area is 174 Å². The number of hydrogen-bond acceptors (Lipinski definition) is 4. The van der Waals surface area contributed by atoms with Gasteiger partial charge >= 0.3 is 0 Å². The Morgan fingerprint density at radius 2 is 2.04 bits per heavy atom. The monoisotopic (exact) mass is 479 g/mol. The van der Waals surface area contributed by atoms with Gasteiger partial charge in [-0.25, -0.2) is 4.98 Å². The van der Waals surface area contributed by atoms with Crippen LogP contribution >= 0.6 is 35.3 Å². The quantitative estimate of drug-likeness (QED) is 0.370. The van der Waals surface area contributed by atoms with E-state index in [0.717, 1.165) is 56.7 Å². The van der Waals surface area contributed by atoms with Crippen molar-refractivity contribution < 1.29 is 0 Å². The zero-order valence-corrected chi connectivity index (χ0v) is 19.5. The molecule has 25 heavy (non-hydrogen) atoms. The minimum Gasteiger partial charge on any atom is -0.357 e. The second kappa shape index (κ2) is 11.3. The smallest absolute Gasteiger partial charge is 0.193 e. The Kier molecular flexibility index (Phi) is 10.3. The molecule has 1 atom stereocenters. The van der Waals surface area contributed by atoms with Gasteiger partial charge < -0.3 is 10.2 Å². The Hall–Kier alpha value is -0.410. The molecule has 5 nitrogen and oxygen atoms in total. The van der Waals surface area contributed by atoms with Gasteiger partial charge in [-0.2, -0.15) is 0 Å². The van der Waals surface area contributed by atoms with E-state index in [0.29, 0.717) is 6.04 Å². The molecule has 2 rings (SSSR count). The first kappa shape index (κ1) is 22.6. The van der Waals surface area contributed by atoms with E-state index in [9.17, 15) is 0 Å². The Bertz CT molecular complexity index is 542. The minimum atomic E-state index is 0. The molecule has 7 heteroatoms. The summed E-state index contributed by atoms with van der Waals surface area (Å²) in [6.45, 7) is 17.0. The number of thiazole rings is 1. The van der Waals surface area contributed by atoms with Crippen LogP contribution in [0.2, 0.25) is 0 Å². The van der Waals surface area contributed by atoms with Crippen LogP contribution in [0.25, 0.3) is 0 Å². The summed E-state index contributed by atoms with van der Waals surface area (Å²) in [6.07, 6.45) is 2.22. The first-order valence-corrected chi connectivity index (χ1v) is 10.1. The number of halogens is 1. The average molecular weight is 479 g/mol. The van der Waals surface area contributed by atoms with Crippen LogP contribution in [0.1, 0.15) is 42.8 Å². The van der Waals surface area contributed by atoms with Gasteiger partial charge in [0.25, 0.3) is 0 Å². The van der Waals surface area contributed by atoms with E-state index in [4.69, 9.17) is 4.99 Å². The predicted molar refractivity (Wildman–Crippen MR) is 120 cm³/mol. The molecular weight excluding hydrogens is 445 g/mol. The summed E-state index contributed by atoms with van der Waals surface area (Å²) in [4.78, 5) is 15.7. The number of aryl methyl sites for hydroxylation is 2. The molecule has 0 amide bonds. The number of likely N-dealkylation sites (tertiary alicyclic amines) is 1. The van der Waals surface area contributed by atoms with E-state index in [1.165, 1.54) is 17.0 Å². The highest BCUT2D eigenvalue weighted by Crippen LogP contribution is 2.18. The van der Waals surface area contributed by atoms with Crippen molar-refractivity contribution in [3.63, 3.8) is 0 Å². The van der Waals surface area contributed by atoms with Crippen molar-refractivity contribution in [2.75, 3.05) is 39.3 Å². The Morgan fingerprint density at radius 3 is 2.60 bits per heavy atom. The number of aliphatic imine (C=N–C) groups is 1. The molecule has 1 aliphatic heterocycles. The van der Waals surface area contributed by atoms with Crippen LogP contribution in [0, 0.1) is 13.8 Å². The second-order valence-corrected chi connectivity index (χ2v) is 7.62. The van der Waals surface area contributed by atoms with Crippen LogP contribution in [0.5, 0.6) is 0 Å². The van der Waals surface area contributed by atoms with E-state index < -0.39 is 0 Å². The van der Waals surface area contributed by atoms with Gasteiger partial charge in [0.05, 0.1) is 10.7 Å². The largest absolute Gasteiger partial charge is 0.357 e. The third-order valence-electron chi connectivity index (χ3n) is 4.73. The number of guanidine groups is 1. The SMILES string of the molecule is CCNC(=NCCc1sc(C)nc1C)N1CCC(N(CC)CC)C1.I. The summed E-state index contributed by atoms with van der Waals surface area (Å²) < 4.78 is 0. The molecule has 1 aromatic rings. The molecule has 0 aromatic carbocycles.